The molecule has 1 aromatic heterocycles. The topological polar surface area (TPSA) is 37.8 Å². The van der Waals surface area contributed by atoms with E-state index in [1.807, 2.05) is 0 Å². The van der Waals surface area contributed by atoms with Gasteiger partial charge in [-0.3, -0.25) is 0 Å². The van der Waals surface area contributed by atoms with E-state index in [2.05, 4.69) is 66.6 Å². The van der Waals surface area contributed by atoms with Gasteiger partial charge >= 0.3 is 0 Å². The highest BCUT2D eigenvalue weighted by Gasteiger charge is 2.41. The van der Waals surface area contributed by atoms with Crippen molar-refractivity contribution in [2.45, 2.75) is 51.1 Å². The van der Waals surface area contributed by atoms with Crippen molar-refractivity contribution in [2.24, 2.45) is 0 Å². The molecule has 2 unspecified atom stereocenters. The summed E-state index contributed by atoms with van der Waals surface area (Å²) in [5.74, 6) is 1.23. The first-order valence-electron chi connectivity index (χ1n) is 7.15. The Labute approximate surface area is 124 Å². The Morgan fingerprint density at radius 2 is 1.90 bits per heavy atom. The van der Waals surface area contributed by atoms with Gasteiger partial charge in [0.2, 0.25) is 0 Å². The third-order valence-electron chi connectivity index (χ3n) is 3.59. The number of aromatic nitrogens is 2. The fourth-order valence-corrected chi connectivity index (χ4v) is 3.33. The van der Waals surface area contributed by atoms with E-state index in [4.69, 9.17) is 0 Å². The van der Waals surface area contributed by atoms with Crippen molar-refractivity contribution in [1.82, 2.24) is 15.5 Å². The molecule has 2 aromatic rings. The molecular formula is C16H21N3S. The van der Waals surface area contributed by atoms with Crippen molar-refractivity contribution < 1.29 is 0 Å². The lowest BCUT2D eigenvalue weighted by molar-refractivity contribution is 0.423. The van der Waals surface area contributed by atoms with Crippen LogP contribution in [0.1, 0.15) is 54.6 Å². The highest BCUT2D eigenvalue weighted by atomic mass is 32.1. The SMILES string of the molecule is CC(C)(C)NCc1nnc(C2CC2c2ccccc2)s1. The van der Waals surface area contributed by atoms with E-state index in [1.165, 1.54) is 17.0 Å². The zero-order valence-electron chi connectivity index (χ0n) is 12.3. The van der Waals surface area contributed by atoms with Crippen molar-refractivity contribution in [1.29, 1.82) is 0 Å². The average molecular weight is 287 g/mol. The fraction of sp³-hybridized carbons (Fsp3) is 0.500. The van der Waals surface area contributed by atoms with Gasteiger partial charge in [-0.25, -0.2) is 0 Å². The molecule has 0 spiro atoms. The van der Waals surface area contributed by atoms with Crippen LogP contribution in [0, 0.1) is 0 Å². The molecule has 20 heavy (non-hydrogen) atoms. The minimum atomic E-state index is 0.123. The summed E-state index contributed by atoms with van der Waals surface area (Å²) >= 11 is 1.76. The highest BCUT2D eigenvalue weighted by Crippen LogP contribution is 2.55. The molecule has 4 heteroatoms. The Morgan fingerprint density at radius 3 is 2.60 bits per heavy atom. The largest absolute Gasteiger partial charge is 0.306 e. The molecule has 106 valence electrons. The van der Waals surface area contributed by atoms with Gasteiger partial charge in [0.1, 0.15) is 10.0 Å². The van der Waals surface area contributed by atoms with Crippen LogP contribution >= 0.6 is 11.3 Å². The first kappa shape index (κ1) is 13.7. The third kappa shape index (κ3) is 3.25. The first-order chi connectivity index (χ1) is 9.53. The van der Waals surface area contributed by atoms with E-state index >= 15 is 0 Å². The second kappa shape index (κ2) is 5.26. The lowest BCUT2D eigenvalue weighted by Crippen LogP contribution is -2.35. The molecule has 0 saturated heterocycles. The second-order valence-electron chi connectivity index (χ2n) is 6.50. The van der Waals surface area contributed by atoms with E-state index in [1.54, 1.807) is 11.3 Å². The van der Waals surface area contributed by atoms with Crippen molar-refractivity contribution in [3.05, 3.63) is 45.9 Å². The predicted molar refractivity (Wildman–Crippen MR) is 83.0 cm³/mol. The fourth-order valence-electron chi connectivity index (χ4n) is 2.37. The number of rotatable bonds is 4. The normalized spacial score (nSPS) is 21.9. The lowest BCUT2D eigenvalue weighted by atomic mass is 10.1. The van der Waals surface area contributed by atoms with Gasteiger partial charge in [0.05, 0.1) is 6.54 Å². The minimum absolute atomic E-state index is 0.123. The van der Waals surface area contributed by atoms with Crippen LogP contribution in [0.5, 0.6) is 0 Å². The zero-order valence-corrected chi connectivity index (χ0v) is 13.1. The van der Waals surface area contributed by atoms with Crippen LogP contribution in [0.4, 0.5) is 0 Å². The van der Waals surface area contributed by atoms with E-state index in [0.717, 1.165) is 11.6 Å². The molecule has 3 rings (SSSR count). The van der Waals surface area contributed by atoms with Crippen LogP contribution in [0.2, 0.25) is 0 Å². The Morgan fingerprint density at radius 1 is 1.15 bits per heavy atom. The van der Waals surface area contributed by atoms with Crippen LogP contribution in [0.3, 0.4) is 0 Å². The van der Waals surface area contributed by atoms with Crippen molar-refractivity contribution in [3.63, 3.8) is 0 Å². The van der Waals surface area contributed by atoms with Crippen molar-refractivity contribution in [3.8, 4) is 0 Å². The molecule has 3 nitrogen and oxygen atoms in total. The summed E-state index contributed by atoms with van der Waals surface area (Å²) in [5.41, 5.74) is 1.56. The van der Waals surface area contributed by atoms with Gasteiger partial charge in [-0.2, -0.15) is 0 Å². The lowest BCUT2D eigenvalue weighted by Gasteiger charge is -2.19. The van der Waals surface area contributed by atoms with Gasteiger partial charge in [-0.15, -0.1) is 10.2 Å². The Hall–Kier alpha value is -1.26. The quantitative estimate of drug-likeness (QED) is 0.932. The van der Waals surface area contributed by atoms with Crippen molar-refractivity contribution >= 4 is 11.3 Å². The van der Waals surface area contributed by atoms with Crippen LogP contribution in [-0.4, -0.2) is 15.7 Å². The maximum atomic E-state index is 4.38. The van der Waals surface area contributed by atoms with Crippen molar-refractivity contribution in [2.75, 3.05) is 0 Å². The summed E-state index contributed by atoms with van der Waals surface area (Å²) in [5, 5.41) is 14.4. The van der Waals surface area contributed by atoms with Gasteiger partial charge < -0.3 is 5.32 Å². The Balaban J connectivity index is 1.62. The molecule has 2 atom stereocenters. The van der Waals surface area contributed by atoms with Crippen LogP contribution in [0.25, 0.3) is 0 Å². The molecule has 1 aliphatic carbocycles. The molecule has 0 amide bonds. The molecule has 0 bridgehead atoms. The summed E-state index contributed by atoms with van der Waals surface area (Å²) in [7, 11) is 0. The van der Waals surface area contributed by atoms with E-state index in [9.17, 15) is 0 Å². The summed E-state index contributed by atoms with van der Waals surface area (Å²) in [6.07, 6.45) is 1.21. The summed E-state index contributed by atoms with van der Waals surface area (Å²) in [6, 6.07) is 10.7. The molecule has 1 saturated carbocycles. The molecule has 1 heterocycles. The standard InChI is InChI=1S/C16H21N3S/c1-16(2,3)17-10-14-18-19-15(20-14)13-9-12(13)11-7-5-4-6-8-11/h4-8,12-13,17H,9-10H2,1-3H3. The molecule has 1 N–H and O–H groups in total. The van der Waals surface area contributed by atoms with E-state index in [0.29, 0.717) is 11.8 Å². The van der Waals surface area contributed by atoms with Gasteiger partial charge in [0.25, 0.3) is 0 Å². The van der Waals surface area contributed by atoms with Crippen LogP contribution in [0.15, 0.2) is 30.3 Å². The number of hydrogen-bond donors (Lipinski definition) is 1. The highest BCUT2D eigenvalue weighted by molar-refractivity contribution is 7.11. The smallest absolute Gasteiger partial charge is 0.131 e. The van der Waals surface area contributed by atoms with Crippen LogP contribution in [-0.2, 0) is 6.54 Å². The number of hydrogen-bond acceptors (Lipinski definition) is 4. The molecule has 0 aliphatic heterocycles. The molecular weight excluding hydrogens is 266 g/mol. The predicted octanol–water partition coefficient (Wildman–Crippen LogP) is 3.70. The van der Waals surface area contributed by atoms with Gasteiger partial charge in [0, 0.05) is 11.5 Å². The molecule has 0 radical (unpaired) electrons. The van der Waals surface area contributed by atoms with Gasteiger partial charge in [-0.05, 0) is 38.7 Å². The summed E-state index contributed by atoms with van der Waals surface area (Å²) in [6.45, 7) is 7.31. The molecule has 1 fully saturated rings. The minimum Gasteiger partial charge on any atom is -0.306 e. The van der Waals surface area contributed by atoms with Gasteiger partial charge in [0.15, 0.2) is 0 Å². The summed E-state index contributed by atoms with van der Waals surface area (Å²) in [4.78, 5) is 0. The first-order valence-corrected chi connectivity index (χ1v) is 7.97. The van der Waals surface area contributed by atoms with E-state index < -0.39 is 0 Å². The second-order valence-corrected chi connectivity index (χ2v) is 7.59. The summed E-state index contributed by atoms with van der Waals surface area (Å²) < 4.78 is 0. The monoisotopic (exact) mass is 287 g/mol. The Bertz CT molecular complexity index is 571. The number of nitrogens with one attached hydrogen (secondary N) is 1. The average Bonchev–Trinajstić information content (AvgIpc) is 3.08. The maximum Gasteiger partial charge on any atom is 0.131 e. The third-order valence-corrected chi connectivity index (χ3v) is 4.64. The maximum absolute atomic E-state index is 4.38. The number of nitrogens with zero attached hydrogens (tertiary/aromatic N) is 2. The number of benzene rings is 1. The Kier molecular flexibility index (Phi) is 3.61. The molecule has 1 aliphatic rings. The van der Waals surface area contributed by atoms with E-state index in [-0.39, 0.29) is 5.54 Å². The zero-order chi connectivity index (χ0) is 14.2. The van der Waals surface area contributed by atoms with Gasteiger partial charge in [-0.1, -0.05) is 41.7 Å². The molecule has 1 aromatic carbocycles. The van der Waals surface area contributed by atoms with Crippen LogP contribution < -0.4 is 5.32 Å².